The first-order valence-corrected chi connectivity index (χ1v) is 13.4. The average molecular weight is 556 g/mol. The van der Waals surface area contributed by atoms with Crippen molar-refractivity contribution in [2.24, 2.45) is 18.4 Å². The largest absolute Gasteiger partial charge is 0.413 e. The first-order valence-electron chi connectivity index (χ1n) is 12.6. The Morgan fingerprint density at radius 3 is 2.49 bits per heavy atom. The Hall–Kier alpha value is -2.03. The third-order valence-electron chi connectivity index (χ3n) is 8.60. The number of hydrogen-bond donors (Lipinski definition) is 0. The molecule has 1 aliphatic carbocycles. The van der Waals surface area contributed by atoms with Crippen LogP contribution in [0.5, 0.6) is 0 Å². The Morgan fingerprint density at radius 2 is 1.86 bits per heavy atom. The van der Waals surface area contributed by atoms with Crippen LogP contribution in [0, 0.1) is 11.3 Å². The maximum absolute atomic E-state index is 13.6. The van der Waals surface area contributed by atoms with Crippen LogP contribution < -0.4 is 0 Å². The van der Waals surface area contributed by atoms with Gasteiger partial charge in [-0.3, -0.25) is 4.79 Å². The number of imidazole rings is 1. The van der Waals surface area contributed by atoms with Gasteiger partial charge in [0.2, 0.25) is 0 Å². The van der Waals surface area contributed by atoms with E-state index in [0.29, 0.717) is 46.5 Å². The zero-order valence-electron chi connectivity index (χ0n) is 21.1. The van der Waals surface area contributed by atoms with Gasteiger partial charge in [0.15, 0.2) is 0 Å². The second kappa shape index (κ2) is 9.62. The Labute approximate surface area is 224 Å². The lowest BCUT2D eigenvalue weighted by atomic mass is 9.78. The molecular weight excluding hydrogens is 526 g/mol. The number of alkyl halides is 3. The number of hydrogen-bond acceptors (Lipinski definition) is 3. The Morgan fingerprint density at radius 1 is 1.16 bits per heavy atom. The van der Waals surface area contributed by atoms with Crippen molar-refractivity contribution in [3.8, 4) is 0 Å². The molecule has 0 bridgehead atoms. The Balaban J connectivity index is 1.42. The van der Waals surface area contributed by atoms with Crippen molar-refractivity contribution in [2.75, 3.05) is 26.3 Å². The summed E-state index contributed by atoms with van der Waals surface area (Å²) in [7, 11) is 1.70. The molecule has 2 unspecified atom stereocenters. The van der Waals surface area contributed by atoms with Crippen LogP contribution in [-0.4, -0.2) is 52.8 Å². The van der Waals surface area contributed by atoms with E-state index in [0.717, 1.165) is 32.5 Å². The molecule has 5 nitrogen and oxygen atoms in total. The summed E-state index contributed by atoms with van der Waals surface area (Å²) in [6, 6.07) is 3.30. The summed E-state index contributed by atoms with van der Waals surface area (Å²) >= 11 is 13.3. The van der Waals surface area contributed by atoms with Crippen molar-refractivity contribution >= 4 is 35.2 Å². The van der Waals surface area contributed by atoms with Crippen molar-refractivity contribution in [3.63, 3.8) is 0 Å². The van der Waals surface area contributed by atoms with E-state index in [9.17, 15) is 18.0 Å². The van der Waals surface area contributed by atoms with Gasteiger partial charge in [0, 0.05) is 49.7 Å². The van der Waals surface area contributed by atoms with Crippen LogP contribution in [0.25, 0.3) is 6.08 Å². The molecule has 1 amide bonds. The highest BCUT2D eigenvalue weighted by Crippen LogP contribution is 2.45. The predicted octanol–water partition coefficient (Wildman–Crippen LogP) is 6.66. The summed E-state index contributed by atoms with van der Waals surface area (Å²) in [6.45, 7) is 6.16. The number of carbonyl (C=O) groups excluding carboxylic acids is 1. The highest BCUT2D eigenvalue weighted by molar-refractivity contribution is 6.38. The molecule has 200 valence electrons. The van der Waals surface area contributed by atoms with E-state index >= 15 is 0 Å². The zero-order valence-corrected chi connectivity index (χ0v) is 22.6. The molecule has 0 N–H and O–H groups in total. The van der Waals surface area contributed by atoms with Gasteiger partial charge >= 0.3 is 6.18 Å². The predicted molar refractivity (Wildman–Crippen MR) is 137 cm³/mol. The van der Waals surface area contributed by atoms with Crippen LogP contribution in [0.3, 0.4) is 0 Å². The van der Waals surface area contributed by atoms with E-state index in [1.54, 1.807) is 37.6 Å². The number of ether oxygens (including phenoxy) is 1. The van der Waals surface area contributed by atoms with Gasteiger partial charge in [-0.25, -0.2) is 4.98 Å². The number of nitrogens with zero attached hydrogens (tertiary/aromatic N) is 3. The number of carbonyl (C=O) groups is 1. The zero-order chi connectivity index (χ0) is 26.7. The van der Waals surface area contributed by atoms with Gasteiger partial charge in [-0.1, -0.05) is 37.0 Å². The summed E-state index contributed by atoms with van der Waals surface area (Å²) in [5, 5.41) is 0.645. The number of likely N-dealkylation sites (tertiary alicyclic amines) is 1. The molecule has 2 saturated heterocycles. The molecule has 1 spiro atoms. The molecule has 3 heterocycles. The van der Waals surface area contributed by atoms with Gasteiger partial charge in [-0.05, 0) is 54.4 Å². The average Bonchev–Trinajstić information content (AvgIpc) is 3.43. The fourth-order valence-electron chi connectivity index (χ4n) is 5.85. The molecule has 1 aromatic heterocycles. The van der Waals surface area contributed by atoms with Crippen LogP contribution in [0.15, 0.2) is 17.7 Å². The lowest BCUT2D eigenvalue weighted by Gasteiger charge is -2.38. The molecule has 0 saturated carbocycles. The number of piperidine rings is 1. The maximum Gasteiger partial charge on any atom is 0.413 e. The number of fused-ring (bicyclic) bond motifs is 1. The van der Waals surface area contributed by atoms with E-state index in [-0.39, 0.29) is 22.8 Å². The SMILES string of the molecule is CC1C(C(F)(F)F)=Cc2c(nc(Cc3c(Cl)ccc(C(=O)N4CCC5(CCOC5)CC4)c3Cl)n2C)C1C. The molecule has 10 heteroatoms. The second-order valence-electron chi connectivity index (χ2n) is 10.7. The molecule has 2 fully saturated rings. The van der Waals surface area contributed by atoms with Crippen molar-refractivity contribution in [2.45, 2.75) is 51.6 Å². The molecule has 37 heavy (non-hydrogen) atoms. The van der Waals surface area contributed by atoms with Crippen molar-refractivity contribution in [1.82, 2.24) is 14.5 Å². The highest BCUT2D eigenvalue weighted by atomic mass is 35.5. The Kier molecular flexibility index (Phi) is 6.91. The summed E-state index contributed by atoms with van der Waals surface area (Å²) in [5.74, 6) is -0.708. The Bertz CT molecular complexity index is 1250. The molecule has 2 atom stereocenters. The van der Waals surface area contributed by atoms with Crippen molar-refractivity contribution in [1.29, 1.82) is 0 Å². The summed E-state index contributed by atoms with van der Waals surface area (Å²) in [6.07, 6.45) is -0.182. The molecule has 1 aromatic carbocycles. The lowest BCUT2D eigenvalue weighted by molar-refractivity contribution is -0.0984. The van der Waals surface area contributed by atoms with Crippen LogP contribution in [0.4, 0.5) is 13.2 Å². The van der Waals surface area contributed by atoms with Crippen LogP contribution >= 0.6 is 23.2 Å². The standard InChI is InChI=1S/C27H30Cl2F3N3O2/c1-15-16(2)24-21(13-19(15)27(30,31)32)34(3)22(33-24)12-18-20(28)5-4-17(23(18)29)25(36)35-9-6-26(7-10-35)8-11-37-14-26/h4-5,13,15-16H,6-12,14H2,1-3H3. The normalized spacial score (nSPS) is 23.4. The minimum Gasteiger partial charge on any atom is -0.381 e. The third-order valence-corrected chi connectivity index (χ3v) is 9.39. The van der Waals surface area contributed by atoms with E-state index in [2.05, 4.69) is 0 Å². The molecule has 2 aromatic rings. The van der Waals surface area contributed by atoms with Crippen LogP contribution in [0.1, 0.15) is 72.2 Å². The number of benzene rings is 1. The first-order chi connectivity index (χ1) is 17.4. The van der Waals surface area contributed by atoms with E-state index < -0.39 is 23.6 Å². The third kappa shape index (κ3) is 4.70. The number of allylic oxidation sites excluding steroid dienone is 1. The quantitative estimate of drug-likeness (QED) is 0.425. The fraction of sp³-hybridized carbons (Fsp3) is 0.556. The van der Waals surface area contributed by atoms with Crippen LogP contribution in [-0.2, 0) is 18.2 Å². The van der Waals surface area contributed by atoms with E-state index in [4.69, 9.17) is 32.9 Å². The van der Waals surface area contributed by atoms with Crippen molar-refractivity contribution < 1.29 is 22.7 Å². The molecule has 3 aliphatic rings. The summed E-state index contributed by atoms with van der Waals surface area (Å²) in [4.78, 5) is 19.9. The van der Waals surface area contributed by atoms with Gasteiger partial charge in [0.1, 0.15) is 5.82 Å². The minimum absolute atomic E-state index is 0.143. The van der Waals surface area contributed by atoms with Gasteiger partial charge in [0.25, 0.3) is 5.91 Å². The summed E-state index contributed by atoms with van der Waals surface area (Å²) < 4.78 is 48.2. The molecule has 5 rings (SSSR count). The molecule has 0 radical (unpaired) electrons. The molecule has 2 aliphatic heterocycles. The monoisotopic (exact) mass is 555 g/mol. The minimum atomic E-state index is -4.41. The molecular formula is C27H30Cl2F3N3O2. The number of halogens is 5. The fourth-order valence-corrected chi connectivity index (χ4v) is 6.44. The lowest BCUT2D eigenvalue weighted by Crippen LogP contribution is -2.43. The van der Waals surface area contributed by atoms with Gasteiger partial charge in [0.05, 0.1) is 28.6 Å². The maximum atomic E-state index is 13.6. The topological polar surface area (TPSA) is 47.4 Å². The number of rotatable bonds is 3. The van der Waals surface area contributed by atoms with Gasteiger partial charge in [-0.2, -0.15) is 13.2 Å². The van der Waals surface area contributed by atoms with Crippen LogP contribution in [0.2, 0.25) is 10.0 Å². The first kappa shape index (κ1) is 26.6. The van der Waals surface area contributed by atoms with Gasteiger partial charge < -0.3 is 14.2 Å². The number of aromatic nitrogens is 2. The highest BCUT2D eigenvalue weighted by Gasteiger charge is 2.43. The van der Waals surface area contributed by atoms with E-state index in [1.165, 1.54) is 6.08 Å². The van der Waals surface area contributed by atoms with E-state index in [1.807, 2.05) is 4.90 Å². The van der Waals surface area contributed by atoms with Gasteiger partial charge in [-0.15, -0.1) is 0 Å². The van der Waals surface area contributed by atoms with Crippen molar-refractivity contribution in [3.05, 3.63) is 56.1 Å². The summed E-state index contributed by atoms with van der Waals surface area (Å²) in [5.41, 5.74) is 1.59. The smallest absolute Gasteiger partial charge is 0.381 e. The second-order valence-corrected chi connectivity index (χ2v) is 11.5. The number of amides is 1.